The van der Waals surface area contributed by atoms with Gasteiger partial charge in [0.25, 0.3) is 0 Å². The van der Waals surface area contributed by atoms with Gasteiger partial charge in [-0.2, -0.15) is 0 Å². The third kappa shape index (κ3) is 3.79. The average molecular weight is 288 g/mol. The van der Waals surface area contributed by atoms with Crippen LogP contribution in [-0.2, 0) is 6.54 Å². The molecule has 3 nitrogen and oxygen atoms in total. The molecule has 0 spiro atoms. The number of aryl methyl sites for hydroxylation is 1. The first-order chi connectivity index (χ1) is 10.1. The summed E-state index contributed by atoms with van der Waals surface area (Å²) >= 11 is 0. The summed E-state index contributed by atoms with van der Waals surface area (Å²) in [6.07, 6.45) is 3.92. The standard InChI is InChI=1S/C17H21FN2O/c1-3-4-9-19-11-14-12-20(13(2)10-17(14)21)16-8-6-5-7-15(16)18/h5-8,10,12,19H,3-4,9,11H2,1-2H3. The van der Waals surface area contributed by atoms with Crippen molar-refractivity contribution in [3.05, 3.63) is 63.8 Å². The average Bonchev–Trinajstić information content (AvgIpc) is 2.46. The molecule has 0 radical (unpaired) electrons. The van der Waals surface area contributed by atoms with E-state index in [2.05, 4.69) is 12.2 Å². The first-order valence-corrected chi connectivity index (χ1v) is 7.31. The summed E-state index contributed by atoms with van der Waals surface area (Å²) in [5.41, 5.74) is 1.83. The summed E-state index contributed by atoms with van der Waals surface area (Å²) in [6, 6.07) is 8.13. The fraction of sp³-hybridized carbons (Fsp3) is 0.353. The Hall–Kier alpha value is -1.94. The topological polar surface area (TPSA) is 34.0 Å². The van der Waals surface area contributed by atoms with E-state index in [1.165, 1.54) is 6.07 Å². The van der Waals surface area contributed by atoms with Gasteiger partial charge in [-0.15, -0.1) is 0 Å². The predicted molar refractivity (Wildman–Crippen MR) is 83.3 cm³/mol. The molecule has 0 saturated heterocycles. The van der Waals surface area contributed by atoms with Crippen molar-refractivity contribution in [1.82, 2.24) is 9.88 Å². The molecule has 21 heavy (non-hydrogen) atoms. The Labute approximate surface area is 124 Å². The first kappa shape index (κ1) is 15.4. The van der Waals surface area contributed by atoms with Crippen LogP contribution in [0.1, 0.15) is 31.0 Å². The van der Waals surface area contributed by atoms with Crippen molar-refractivity contribution in [1.29, 1.82) is 0 Å². The van der Waals surface area contributed by atoms with Crippen LogP contribution in [0, 0.1) is 12.7 Å². The van der Waals surface area contributed by atoms with E-state index < -0.39 is 0 Å². The molecular formula is C17H21FN2O. The molecule has 1 aromatic carbocycles. The monoisotopic (exact) mass is 288 g/mol. The molecule has 0 bridgehead atoms. The number of para-hydroxylation sites is 1. The van der Waals surface area contributed by atoms with Gasteiger partial charge >= 0.3 is 0 Å². The normalized spacial score (nSPS) is 10.8. The van der Waals surface area contributed by atoms with Gasteiger partial charge in [0.1, 0.15) is 5.82 Å². The lowest BCUT2D eigenvalue weighted by Gasteiger charge is -2.14. The van der Waals surface area contributed by atoms with Crippen LogP contribution >= 0.6 is 0 Å². The van der Waals surface area contributed by atoms with Crippen molar-refractivity contribution in [2.45, 2.75) is 33.2 Å². The van der Waals surface area contributed by atoms with Gasteiger partial charge in [0.05, 0.1) is 5.69 Å². The minimum Gasteiger partial charge on any atom is -0.318 e. The highest BCUT2D eigenvalue weighted by atomic mass is 19.1. The van der Waals surface area contributed by atoms with Crippen molar-refractivity contribution in [3.63, 3.8) is 0 Å². The second-order valence-corrected chi connectivity index (χ2v) is 5.16. The van der Waals surface area contributed by atoms with Crippen LogP contribution in [0.4, 0.5) is 4.39 Å². The van der Waals surface area contributed by atoms with Crippen LogP contribution in [0.5, 0.6) is 0 Å². The molecule has 1 aromatic heterocycles. The zero-order valence-corrected chi connectivity index (χ0v) is 12.5. The lowest BCUT2D eigenvalue weighted by Crippen LogP contribution is -2.22. The smallest absolute Gasteiger partial charge is 0.186 e. The number of hydrogen-bond acceptors (Lipinski definition) is 2. The molecule has 0 saturated carbocycles. The number of nitrogens with one attached hydrogen (secondary N) is 1. The molecule has 0 fully saturated rings. The molecule has 2 rings (SSSR count). The van der Waals surface area contributed by atoms with E-state index in [-0.39, 0.29) is 11.2 Å². The molecule has 4 heteroatoms. The summed E-state index contributed by atoms with van der Waals surface area (Å²) in [5, 5.41) is 3.25. The predicted octanol–water partition coefficient (Wildman–Crippen LogP) is 3.17. The fourth-order valence-corrected chi connectivity index (χ4v) is 2.24. The number of pyridine rings is 1. The molecule has 0 unspecified atom stereocenters. The number of halogens is 1. The van der Waals surface area contributed by atoms with Crippen molar-refractivity contribution in [3.8, 4) is 5.69 Å². The molecule has 0 atom stereocenters. The van der Waals surface area contributed by atoms with Gasteiger partial charge in [0.15, 0.2) is 5.43 Å². The van der Waals surface area contributed by atoms with Gasteiger partial charge in [-0.25, -0.2) is 4.39 Å². The molecule has 0 aliphatic rings. The minimum atomic E-state index is -0.297. The van der Waals surface area contributed by atoms with Crippen LogP contribution in [0.15, 0.2) is 41.3 Å². The van der Waals surface area contributed by atoms with Gasteiger partial charge in [-0.05, 0) is 32.0 Å². The molecule has 0 aliphatic carbocycles. The molecule has 0 aliphatic heterocycles. The maximum atomic E-state index is 13.9. The maximum Gasteiger partial charge on any atom is 0.186 e. The molecule has 0 amide bonds. The Morgan fingerprint density at radius 2 is 2.05 bits per heavy atom. The van der Waals surface area contributed by atoms with Crippen molar-refractivity contribution < 1.29 is 4.39 Å². The van der Waals surface area contributed by atoms with Crippen molar-refractivity contribution >= 4 is 0 Å². The van der Waals surface area contributed by atoms with E-state index in [0.717, 1.165) is 25.1 Å². The Morgan fingerprint density at radius 3 is 2.76 bits per heavy atom. The number of nitrogens with zero attached hydrogens (tertiary/aromatic N) is 1. The molecule has 112 valence electrons. The number of rotatable bonds is 6. The Bertz CT molecular complexity index is 664. The highest BCUT2D eigenvalue weighted by Gasteiger charge is 2.08. The summed E-state index contributed by atoms with van der Waals surface area (Å²) in [7, 11) is 0. The van der Waals surface area contributed by atoms with Gasteiger partial charge in [-0.1, -0.05) is 25.5 Å². The quantitative estimate of drug-likeness (QED) is 0.828. The molecule has 1 N–H and O–H groups in total. The van der Waals surface area contributed by atoms with Crippen molar-refractivity contribution in [2.24, 2.45) is 0 Å². The van der Waals surface area contributed by atoms with E-state index in [1.54, 1.807) is 35.0 Å². The van der Waals surface area contributed by atoms with Crippen LogP contribution < -0.4 is 10.7 Å². The van der Waals surface area contributed by atoms with Gasteiger partial charge in [0, 0.05) is 30.1 Å². The molecule has 1 heterocycles. The van der Waals surface area contributed by atoms with Crippen LogP contribution in [0.25, 0.3) is 5.69 Å². The van der Waals surface area contributed by atoms with Gasteiger partial charge in [0.2, 0.25) is 0 Å². The van der Waals surface area contributed by atoms with Crippen molar-refractivity contribution in [2.75, 3.05) is 6.54 Å². The maximum absolute atomic E-state index is 13.9. The Kier molecular flexibility index (Phi) is 5.28. The SMILES string of the molecule is CCCCNCc1cn(-c2ccccc2F)c(C)cc1=O. The lowest BCUT2D eigenvalue weighted by molar-refractivity contribution is 0.613. The van der Waals surface area contributed by atoms with Gasteiger partial charge < -0.3 is 9.88 Å². The second-order valence-electron chi connectivity index (χ2n) is 5.16. The van der Waals surface area contributed by atoms with Crippen LogP contribution in [0.2, 0.25) is 0 Å². The third-order valence-corrected chi connectivity index (χ3v) is 3.46. The van der Waals surface area contributed by atoms with Crippen LogP contribution in [-0.4, -0.2) is 11.1 Å². The third-order valence-electron chi connectivity index (χ3n) is 3.46. The van der Waals surface area contributed by atoms with Gasteiger partial charge in [-0.3, -0.25) is 4.79 Å². The zero-order valence-electron chi connectivity index (χ0n) is 12.5. The Balaban J connectivity index is 2.31. The molecular weight excluding hydrogens is 267 g/mol. The second kappa shape index (κ2) is 7.18. The highest BCUT2D eigenvalue weighted by molar-refractivity contribution is 5.36. The van der Waals surface area contributed by atoms with E-state index in [1.807, 2.05) is 6.92 Å². The number of aromatic nitrogens is 1. The summed E-state index contributed by atoms with van der Waals surface area (Å²) in [4.78, 5) is 12.0. The number of benzene rings is 1. The van der Waals surface area contributed by atoms with E-state index in [9.17, 15) is 9.18 Å². The Morgan fingerprint density at radius 1 is 1.29 bits per heavy atom. The van der Waals surface area contributed by atoms with E-state index >= 15 is 0 Å². The van der Waals surface area contributed by atoms with Crippen LogP contribution in [0.3, 0.4) is 0 Å². The fourth-order valence-electron chi connectivity index (χ4n) is 2.24. The first-order valence-electron chi connectivity index (χ1n) is 7.31. The summed E-state index contributed by atoms with van der Waals surface area (Å²) < 4.78 is 15.7. The number of hydrogen-bond donors (Lipinski definition) is 1. The molecule has 2 aromatic rings. The van der Waals surface area contributed by atoms with E-state index in [0.29, 0.717) is 17.8 Å². The summed E-state index contributed by atoms with van der Waals surface area (Å²) in [5.74, 6) is -0.297. The number of unbranched alkanes of at least 4 members (excludes halogenated alkanes) is 1. The van der Waals surface area contributed by atoms with E-state index in [4.69, 9.17) is 0 Å². The minimum absolute atomic E-state index is 0.0101. The highest BCUT2D eigenvalue weighted by Crippen LogP contribution is 2.14. The lowest BCUT2D eigenvalue weighted by atomic mass is 10.2. The largest absolute Gasteiger partial charge is 0.318 e. The summed E-state index contributed by atoms with van der Waals surface area (Å²) in [6.45, 7) is 5.32. The zero-order chi connectivity index (χ0) is 15.2.